The molecule has 1 saturated heterocycles. The zero-order valence-electron chi connectivity index (χ0n) is 28.4. The van der Waals surface area contributed by atoms with Crippen LogP contribution in [0.4, 0.5) is 5.69 Å². The summed E-state index contributed by atoms with van der Waals surface area (Å²) in [5.41, 5.74) is 4.99. The molecule has 8 heteroatoms. The highest BCUT2D eigenvalue weighted by Crippen LogP contribution is 2.60. The molecule has 0 aromatic heterocycles. The number of carbonyl (C=O) groups excluding carboxylic acids is 1. The fraction of sp³-hybridized carbons (Fsp3) is 0.439. The lowest BCUT2D eigenvalue weighted by molar-refractivity contribution is -0.0391. The number of amides is 1. The van der Waals surface area contributed by atoms with Gasteiger partial charge in [0, 0.05) is 44.0 Å². The van der Waals surface area contributed by atoms with Crippen LogP contribution in [0.1, 0.15) is 61.4 Å². The van der Waals surface area contributed by atoms with E-state index in [1.807, 2.05) is 25.1 Å². The zero-order valence-corrected chi connectivity index (χ0v) is 29.3. The maximum atomic E-state index is 13.2. The Kier molecular flexibility index (Phi) is 8.65. The summed E-state index contributed by atoms with van der Waals surface area (Å²) in [6.07, 6.45) is 6.81. The minimum Gasteiger partial charge on any atom is -0.494 e. The molecule has 1 amide bonds. The Balaban J connectivity index is 0.878. The normalized spacial score (nSPS) is 25.1. The van der Waals surface area contributed by atoms with Gasteiger partial charge in [-0.25, -0.2) is 13.1 Å². The Morgan fingerprint density at radius 2 is 1.49 bits per heavy atom. The Morgan fingerprint density at radius 1 is 0.816 bits per heavy atom. The lowest BCUT2D eigenvalue weighted by Gasteiger charge is -2.56. The van der Waals surface area contributed by atoms with E-state index < -0.39 is 15.9 Å². The van der Waals surface area contributed by atoms with Gasteiger partial charge in [-0.1, -0.05) is 48.5 Å². The number of anilines is 1. The SMILES string of the molecule is CCOc1cccc(-c2ccc(CN3CCN(c4ccc(C(=O)NS(=O)(=O)CC56CC7CC(CC(C7)C5)C6)cc4)CC3)c3ccccc23)c1. The first-order valence-corrected chi connectivity index (χ1v) is 19.8. The van der Waals surface area contributed by atoms with Crippen LogP contribution in [0.5, 0.6) is 5.75 Å². The summed E-state index contributed by atoms with van der Waals surface area (Å²) in [4.78, 5) is 17.9. The van der Waals surface area contributed by atoms with Crippen molar-refractivity contribution in [1.29, 1.82) is 0 Å². The van der Waals surface area contributed by atoms with Gasteiger partial charge in [0.1, 0.15) is 5.75 Å². The summed E-state index contributed by atoms with van der Waals surface area (Å²) >= 11 is 0. The highest BCUT2D eigenvalue weighted by atomic mass is 32.2. The van der Waals surface area contributed by atoms with Crippen molar-refractivity contribution in [3.05, 3.63) is 96.1 Å². The van der Waals surface area contributed by atoms with E-state index in [0.29, 0.717) is 29.9 Å². The van der Waals surface area contributed by atoms with E-state index in [2.05, 4.69) is 69.1 Å². The number of carbonyl (C=O) groups is 1. The molecule has 1 N–H and O–H groups in total. The predicted octanol–water partition coefficient (Wildman–Crippen LogP) is 7.50. The second kappa shape index (κ2) is 13.1. The first-order chi connectivity index (χ1) is 23.7. The first kappa shape index (κ1) is 32.3. The molecule has 1 heterocycles. The van der Waals surface area contributed by atoms with E-state index in [1.54, 1.807) is 12.1 Å². The predicted molar refractivity (Wildman–Crippen MR) is 196 cm³/mol. The van der Waals surface area contributed by atoms with Crippen molar-refractivity contribution in [2.75, 3.05) is 43.4 Å². The number of nitrogens with one attached hydrogen (secondary N) is 1. The van der Waals surface area contributed by atoms with Gasteiger partial charge in [0.25, 0.3) is 5.91 Å². The summed E-state index contributed by atoms with van der Waals surface area (Å²) < 4.78 is 34.6. The summed E-state index contributed by atoms with van der Waals surface area (Å²) in [7, 11) is -3.71. The van der Waals surface area contributed by atoms with Crippen molar-refractivity contribution in [3.63, 3.8) is 0 Å². The Bertz CT molecular complexity index is 1910. The highest BCUT2D eigenvalue weighted by Gasteiger charge is 2.52. The molecule has 0 unspecified atom stereocenters. The van der Waals surface area contributed by atoms with Crippen LogP contribution in [-0.4, -0.2) is 57.8 Å². The minimum absolute atomic E-state index is 0.0832. The van der Waals surface area contributed by atoms with Gasteiger partial charge in [0.2, 0.25) is 10.0 Å². The largest absolute Gasteiger partial charge is 0.494 e. The average Bonchev–Trinajstić information content (AvgIpc) is 3.08. The Morgan fingerprint density at radius 3 is 2.16 bits per heavy atom. The number of sulfonamides is 1. The van der Waals surface area contributed by atoms with Crippen LogP contribution < -0.4 is 14.4 Å². The van der Waals surface area contributed by atoms with E-state index in [4.69, 9.17) is 4.74 Å². The molecule has 256 valence electrons. The molecule has 5 aliphatic rings. The van der Waals surface area contributed by atoms with Crippen LogP contribution in [0.3, 0.4) is 0 Å². The maximum Gasteiger partial charge on any atom is 0.264 e. The fourth-order valence-electron chi connectivity index (χ4n) is 10.0. The van der Waals surface area contributed by atoms with Crippen LogP contribution in [0.15, 0.2) is 84.9 Å². The van der Waals surface area contributed by atoms with Crippen LogP contribution in [0.25, 0.3) is 21.9 Å². The summed E-state index contributed by atoms with van der Waals surface area (Å²) in [5, 5.41) is 2.52. The van der Waals surface area contributed by atoms with E-state index in [-0.39, 0.29) is 11.2 Å². The van der Waals surface area contributed by atoms with Crippen LogP contribution in [0, 0.1) is 23.2 Å². The third kappa shape index (κ3) is 6.82. The number of ether oxygens (including phenoxy) is 1. The molecule has 4 saturated carbocycles. The second-order valence-electron chi connectivity index (χ2n) is 15.2. The molecular weight excluding hydrogens is 631 g/mol. The van der Waals surface area contributed by atoms with Crippen molar-refractivity contribution < 1.29 is 17.9 Å². The van der Waals surface area contributed by atoms with Gasteiger partial charge in [-0.2, -0.15) is 0 Å². The second-order valence-corrected chi connectivity index (χ2v) is 16.9. The number of hydrogen-bond acceptors (Lipinski definition) is 6. The molecular formula is C41H47N3O4S. The molecule has 4 aliphatic carbocycles. The third-order valence-electron chi connectivity index (χ3n) is 11.6. The molecule has 9 rings (SSSR count). The van der Waals surface area contributed by atoms with Gasteiger partial charge in [-0.05, 0) is 132 Å². The Labute approximate surface area is 290 Å². The van der Waals surface area contributed by atoms with Crippen LogP contribution in [-0.2, 0) is 16.6 Å². The third-order valence-corrected chi connectivity index (χ3v) is 13.1. The fourth-order valence-corrected chi connectivity index (χ4v) is 11.6. The summed E-state index contributed by atoms with van der Waals surface area (Å²) in [6, 6.07) is 28.9. The molecule has 0 atom stereocenters. The summed E-state index contributed by atoms with van der Waals surface area (Å²) in [6.45, 7) is 7.15. The average molecular weight is 678 g/mol. The number of rotatable bonds is 10. The lowest BCUT2D eigenvalue weighted by Crippen LogP contribution is -2.51. The molecule has 0 radical (unpaired) electrons. The molecule has 4 bridgehead atoms. The number of hydrogen-bond donors (Lipinski definition) is 1. The monoisotopic (exact) mass is 677 g/mol. The number of piperazine rings is 1. The number of nitrogens with zero attached hydrogens (tertiary/aromatic N) is 2. The van der Waals surface area contributed by atoms with Gasteiger partial charge >= 0.3 is 0 Å². The molecule has 5 fully saturated rings. The summed E-state index contributed by atoms with van der Waals surface area (Å²) in [5.74, 6) is 2.47. The minimum atomic E-state index is -3.71. The van der Waals surface area contributed by atoms with Crippen LogP contribution in [0.2, 0.25) is 0 Å². The standard InChI is InChI=1S/C41H47N3O4S/c1-2-48-36-7-5-6-33(23-36)38-15-12-34(37-8-3-4-9-39(37)38)27-43-16-18-44(19-17-43)35-13-10-32(11-14-35)40(45)42-49(46,47)28-41-24-29-20-30(25-41)22-31(21-29)26-41/h3-15,23,29-31H,2,16-22,24-28H2,1H3,(H,42,45). The van der Waals surface area contributed by atoms with Gasteiger partial charge in [-0.15, -0.1) is 0 Å². The molecule has 4 aromatic rings. The van der Waals surface area contributed by atoms with E-state index in [1.165, 1.54) is 41.2 Å². The smallest absolute Gasteiger partial charge is 0.264 e. The van der Waals surface area contributed by atoms with Crippen molar-refractivity contribution >= 4 is 32.4 Å². The molecule has 4 aromatic carbocycles. The molecule has 0 spiro atoms. The highest BCUT2D eigenvalue weighted by molar-refractivity contribution is 7.90. The molecule has 7 nitrogen and oxygen atoms in total. The van der Waals surface area contributed by atoms with Crippen molar-refractivity contribution in [2.24, 2.45) is 23.2 Å². The van der Waals surface area contributed by atoms with E-state index in [0.717, 1.165) is 69.0 Å². The topological polar surface area (TPSA) is 79.0 Å². The Hall–Kier alpha value is -3.88. The lowest BCUT2D eigenvalue weighted by atomic mass is 9.50. The molecule has 49 heavy (non-hydrogen) atoms. The van der Waals surface area contributed by atoms with Crippen molar-refractivity contribution in [1.82, 2.24) is 9.62 Å². The first-order valence-electron chi connectivity index (χ1n) is 18.1. The quantitative estimate of drug-likeness (QED) is 0.187. The van der Waals surface area contributed by atoms with Gasteiger partial charge in [0.15, 0.2) is 0 Å². The number of benzene rings is 4. The number of fused-ring (bicyclic) bond motifs is 1. The van der Waals surface area contributed by atoms with Gasteiger partial charge in [-0.3, -0.25) is 9.69 Å². The maximum absolute atomic E-state index is 13.2. The van der Waals surface area contributed by atoms with Crippen molar-refractivity contribution in [3.8, 4) is 16.9 Å². The molecule has 1 aliphatic heterocycles. The van der Waals surface area contributed by atoms with Gasteiger partial charge in [0.05, 0.1) is 12.4 Å². The van der Waals surface area contributed by atoms with Crippen molar-refractivity contribution in [2.45, 2.75) is 52.0 Å². The van der Waals surface area contributed by atoms with E-state index in [9.17, 15) is 13.2 Å². The van der Waals surface area contributed by atoms with Gasteiger partial charge < -0.3 is 9.64 Å². The van der Waals surface area contributed by atoms with E-state index >= 15 is 0 Å². The van der Waals surface area contributed by atoms with Crippen LogP contribution >= 0.6 is 0 Å². The zero-order chi connectivity index (χ0) is 33.6.